The minimum Gasteiger partial charge on any atom is -0.378 e. The van der Waals surface area contributed by atoms with Crippen LogP contribution in [0.1, 0.15) is 10.5 Å². The maximum atomic E-state index is 12.2. The molecular weight excluding hydrogens is 410 g/mol. The van der Waals surface area contributed by atoms with Crippen molar-refractivity contribution in [2.45, 2.75) is 0 Å². The number of ether oxygens (including phenoxy) is 2. The van der Waals surface area contributed by atoms with Crippen molar-refractivity contribution in [3.05, 3.63) is 29.4 Å². The average molecular weight is 433 g/mol. The van der Waals surface area contributed by atoms with Crippen LogP contribution in [-0.2, 0) is 9.47 Å². The molecule has 0 spiro atoms. The largest absolute Gasteiger partial charge is 0.378 e. The van der Waals surface area contributed by atoms with Gasteiger partial charge in [0, 0.05) is 31.6 Å². The molecule has 0 bridgehead atoms. The van der Waals surface area contributed by atoms with Gasteiger partial charge in [0.25, 0.3) is 5.91 Å². The third-order valence-electron chi connectivity index (χ3n) is 4.64. The smallest absolute Gasteiger partial charge is 0.337 e. The highest BCUT2D eigenvalue weighted by molar-refractivity contribution is 7.13. The Balaban J connectivity index is 1.24. The number of hydrazine groups is 1. The number of carbonyl (C=O) groups is 2. The van der Waals surface area contributed by atoms with Gasteiger partial charge in [-0.2, -0.15) is 0 Å². The average Bonchev–Trinajstić information content (AvgIpc) is 3.30. The molecule has 2 fully saturated rings. The molecule has 3 N–H and O–H groups in total. The summed E-state index contributed by atoms with van der Waals surface area (Å²) < 4.78 is 10.6. The summed E-state index contributed by atoms with van der Waals surface area (Å²) in [6.07, 6.45) is 1.57. The Hall–Kier alpha value is -2.96. The molecule has 0 aliphatic carbocycles. The number of hydrogen-bond acceptors (Lipinski definition) is 9. The summed E-state index contributed by atoms with van der Waals surface area (Å²) in [5, 5.41) is 5.05. The van der Waals surface area contributed by atoms with Crippen molar-refractivity contribution in [3.8, 4) is 0 Å². The fourth-order valence-corrected chi connectivity index (χ4v) is 3.91. The molecule has 3 amide bonds. The van der Waals surface area contributed by atoms with E-state index in [9.17, 15) is 9.59 Å². The fraction of sp³-hybridized carbons (Fsp3) is 0.444. The predicted molar refractivity (Wildman–Crippen MR) is 112 cm³/mol. The Morgan fingerprint density at radius 1 is 0.967 bits per heavy atom. The van der Waals surface area contributed by atoms with Gasteiger partial charge in [-0.1, -0.05) is 0 Å². The highest BCUT2D eigenvalue weighted by Crippen LogP contribution is 2.21. The number of rotatable bonds is 4. The lowest BCUT2D eigenvalue weighted by Crippen LogP contribution is -2.44. The van der Waals surface area contributed by atoms with Crippen molar-refractivity contribution < 1.29 is 19.1 Å². The molecule has 0 radical (unpaired) electrons. The number of thiazole rings is 1. The van der Waals surface area contributed by atoms with Crippen LogP contribution in [0.4, 0.5) is 21.4 Å². The van der Waals surface area contributed by atoms with Crippen molar-refractivity contribution in [1.82, 2.24) is 20.8 Å². The molecule has 0 unspecified atom stereocenters. The highest BCUT2D eigenvalue weighted by atomic mass is 32.1. The molecule has 2 aromatic rings. The van der Waals surface area contributed by atoms with E-state index in [-0.39, 0.29) is 5.69 Å². The number of urea groups is 1. The zero-order chi connectivity index (χ0) is 20.8. The number of morpholine rings is 2. The van der Waals surface area contributed by atoms with Crippen LogP contribution in [-0.4, -0.2) is 74.5 Å². The molecule has 12 heteroatoms. The number of pyridine rings is 1. The number of amides is 3. The van der Waals surface area contributed by atoms with Crippen LogP contribution in [0.25, 0.3) is 0 Å². The first kappa shape index (κ1) is 20.3. The topological polar surface area (TPSA) is 121 Å². The monoisotopic (exact) mass is 433 g/mol. The number of carbonyl (C=O) groups excluding carboxylic acids is 2. The first-order valence-corrected chi connectivity index (χ1v) is 10.5. The summed E-state index contributed by atoms with van der Waals surface area (Å²) in [5.41, 5.74) is 5.44. The summed E-state index contributed by atoms with van der Waals surface area (Å²) in [4.78, 5) is 37.2. The summed E-state index contributed by atoms with van der Waals surface area (Å²) >= 11 is 1.38. The number of nitrogens with zero attached hydrogens (tertiary/aromatic N) is 4. The Labute approximate surface area is 177 Å². The van der Waals surface area contributed by atoms with Crippen molar-refractivity contribution in [3.63, 3.8) is 0 Å². The second kappa shape index (κ2) is 9.69. The van der Waals surface area contributed by atoms with Crippen molar-refractivity contribution >= 4 is 39.9 Å². The van der Waals surface area contributed by atoms with E-state index in [2.05, 4.69) is 35.9 Å². The Morgan fingerprint density at radius 2 is 1.67 bits per heavy atom. The number of nitrogens with one attached hydrogen (secondary N) is 3. The fourth-order valence-electron chi connectivity index (χ4n) is 3.05. The van der Waals surface area contributed by atoms with E-state index in [0.717, 1.165) is 37.1 Å². The van der Waals surface area contributed by atoms with Gasteiger partial charge in [0.2, 0.25) is 0 Å². The Kier molecular flexibility index (Phi) is 6.57. The van der Waals surface area contributed by atoms with Crippen molar-refractivity contribution in [2.75, 3.05) is 67.7 Å². The van der Waals surface area contributed by atoms with Crippen LogP contribution >= 0.6 is 11.3 Å². The van der Waals surface area contributed by atoms with Crippen LogP contribution in [0.2, 0.25) is 0 Å². The normalized spacial score (nSPS) is 16.8. The molecule has 0 atom stereocenters. The third kappa shape index (κ3) is 5.14. The first-order valence-electron chi connectivity index (χ1n) is 9.63. The second-order valence-corrected chi connectivity index (χ2v) is 7.49. The van der Waals surface area contributed by atoms with Crippen molar-refractivity contribution in [1.29, 1.82) is 0 Å². The molecule has 4 rings (SSSR count). The van der Waals surface area contributed by atoms with E-state index < -0.39 is 11.9 Å². The van der Waals surface area contributed by atoms with Crippen LogP contribution in [0, 0.1) is 0 Å². The Bertz CT molecular complexity index is 864. The first-order chi connectivity index (χ1) is 14.7. The van der Waals surface area contributed by atoms with Gasteiger partial charge in [-0.15, -0.1) is 11.3 Å². The van der Waals surface area contributed by atoms with Gasteiger partial charge in [0.05, 0.1) is 38.3 Å². The third-order valence-corrected chi connectivity index (χ3v) is 5.54. The predicted octanol–water partition coefficient (Wildman–Crippen LogP) is 0.678. The van der Waals surface area contributed by atoms with E-state index in [1.54, 1.807) is 17.6 Å². The number of aromatic nitrogens is 2. The zero-order valence-electron chi connectivity index (χ0n) is 16.3. The molecule has 2 aliphatic rings. The van der Waals surface area contributed by atoms with E-state index in [0.29, 0.717) is 32.1 Å². The van der Waals surface area contributed by atoms with Gasteiger partial charge < -0.3 is 24.6 Å². The van der Waals surface area contributed by atoms with Gasteiger partial charge >= 0.3 is 6.03 Å². The minimum atomic E-state index is -0.576. The standard InChI is InChI=1S/C18H23N7O4S/c26-16(14-12-30-18(21-14)25-5-9-29-10-6-25)22-23-17(27)20-13-1-2-15(19-11-13)24-3-7-28-8-4-24/h1-2,11-12H,3-10H2,(H,22,26)(H2,20,23,27). The van der Waals surface area contributed by atoms with Gasteiger partial charge in [0.15, 0.2) is 5.13 Å². The molecule has 0 aromatic carbocycles. The lowest BCUT2D eigenvalue weighted by Gasteiger charge is -2.27. The van der Waals surface area contributed by atoms with Gasteiger partial charge in [-0.05, 0) is 12.1 Å². The van der Waals surface area contributed by atoms with E-state index >= 15 is 0 Å². The van der Waals surface area contributed by atoms with Gasteiger partial charge in [-0.25, -0.2) is 20.2 Å². The lowest BCUT2D eigenvalue weighted by molar-refractivity contribution is 0.0933. The molecular formula is C18H23N7O4S. The second-order valence-electron chi connectivity index (χ2n) is 6.65. The SMILES string of the molecule is O=C(NNC(=O)c1csc(N2CCOCC2)n1)Nc1ccc(N2CCOCC2)nc1. The quantitative estimate of drug-likeness (QED) is 0.602. The number of anilines is 3. The molecule has 160 valence electrons. The summed E-state index contributed by atoms with van der Waals surface area (Å²) in [6, 6.07) is 3.02. The van der Waals surface area contributed by atoms with E-state index in [4.69, 9.17) is 9.47 Å². The van der Waals surface area contributed by atoms with Crippen LogP contribution in [0.15, 0.2) is 23.7 Å². The zero-order valence-corrected chi connectivity index (χ0v) is 17.1. The molecule has 2 aliphatic heterocycles. The molecule has 30 heavy (non-hydrogen) atoms. The van der Waals surface area contributed by atoms with Gasteiger partial charge in [-0.3, -0.25) is 10.2 Å². The minimum absolute atomic E-state index is 0.248. The molecule has 0 saturated carbocycles. The summed E-state index contributed by atoms with van der Waals surface area (Å²) in [7, 11) is 0. The van der Waals surface area contributed by atoms with Crippen LogP contribution in [0.3, 0.4) is 0 Å². The number of hydrogen-bond donors (Lipinski definition) is 3. The molecule has 4 heterocycles. The summed E-state index contributed by atoms with van der Waals surface area (Å²) in [6.45, 7) is 5.71. The molecule has 11 nitrogen and oxygen atoms in total. The highest BCUT2D eigenvalue weighted by Gasteiger charge is 2.18. The van der Waals surface area contributed by atoms with E-state index in [1.807, 2.05) is 6.07 Å². The Morgan fingerprint density at radius 3 is 2.33 bits per heavy atom. The van der Waals surface area contributed by atoms with Crippen molar-refractivity contribution in [2.24, 2.45) is 0 Å². The van der Waals surface area contributed by atoms with Gasteiger partial charge in [0.1, 0.15) is 11.5 Å². The van der Waals surface area contributed by atoms with Crippen LogP contribution < -0.4 is 26.0 Å². The maximum absolute atomic E-state index is 12.2. The summed E-state index contributed by atoms with van der Waals surface area (Å²) in [5.74, 6) is 0.346. The van der Waals surface area contributed by atoms with E-state index in [1.165, 1.54) is 11.3 Å². The molecule has 2 saturated heterocycles. The maximum Gasteiger partial charge on any atom is 0.337 e. The molecule has 2 aromatic heterocycles. The van der Waals surface area contributed by atoms with Crippen LogP contribution in [0.5, 0.6) is 0 Å². The lowest BCUT2D eigenvalue weighted by atomic mass is 10.3.